The lowest BCUT2D eigenvalue weighted by Gasteiger charge is -2.40. The maximum atomic E-state index is 13.0. The van der Waals surface area contributed by atoms with Gasteiger partial charge in [-0.1, -0.05) is 251 Å². The zero-order valence-corrected chi connectivity index (χ0v) is 40.6. The number of amides is 1. The number of hydrogen-bond acceptors (Lipinski definition) is 8. The lowest BCUT2D eigenvalue weighted by molar-refractivity contribution is -0.302. The molecule has 0 aromatic heterocycles. The zero-order valence-electron chi connectivity index (χ0n) is 40.6. The fraction of sp³-hybridized carbons (Fsp3) is 0.943. The van der Waals surface area contributed by atoms with E-state index < -0.39 is 49.5 Å². The molecule has 368 valence electrons. The summed E-state index contributed by atoms with van der Waals surface area (Å²) < 4.78 is 11.3. The summed E-state index contributed by atoms with van der Waals surface area (Å²) in [5, 5.41) is 54.4. The molecule has 0 radical (unpaired) electrons. The van der Waals surface area contributed by atoms with Gasteiger partial charge in [-0.3, -0.25) is 4.79 Å². The maximum absolute atomic E-state index is 13.0. The number of unbranched alkanes of at least 4 members (excludes halogenated alkanes) is 36. The summed E-state index contributed by atoms with van der Waals surface area (Å²) in [5.74, 6) is -0.171. The molecule has 1 amide bonds. The van der Waals surface area contributed by atoms with Gasteiger partial charge in [-0.05, 0) is 19.3 Å². The Labute approximate surface area is 382 Å². The molecule has 6 N–H and O–H groups in total. The quantitative estimate of drug-likeness (QED) is 0.0261. The summed E-state index contributed by atoms with van der Waals surface area (Å²) >= 11 is 0. The minimum absolute atomic E-state index is 0.171. The van der Waals surface area contributed by atoms with Crippen LogP contribution < -0.4 is 5.32 Å². The average Bonchev–Trinajstić information content (AvgIpc) is 3.27. The highest BCUT2D eigenvalue weighted by Gasteiger charge is 2.44. The minimum atomic E-state index is -1.56. The van der Waals surface area contributed by atoms with Gasteiger partial charge in [0.15, 0.2) is 6.29 Å². The van der Waals surface area contributed by atoms with E-state index in [0.29, 0.717) is 6.42 Å². The molecule has 1 fully saturated rings. The van der Waals surface area contributed by atoms with Crippen molar-refractivity contribution in [1.82, 2.24) is 5.32 Å². The number of allylic oxidation sites excluding steroid dienone is 1. The number of aliphatic hydroxyl groups excluding tert-OH is 5. The Morgan fingerprint density at radius 3 is 1.26 bits per heavy atom. The Bertz CT molecular complexity index is 981. The second kappa shape index (κ2) is 43.8. The van der Waals surface area contributed by atoms with Crippen LogP contribution in [0.3, 0.4) is 0 Å². The monoisotopic (exact) mass is 882 g/mol. The molecule has 9 nitrogen and oxygen atoms in total. The lowest BCUT2D eigenvalue weighted by Crippen LogP contribution is -2.60. The molecule has 0 aromatic rings. The number of rotatable bonds is 46. The van der Waals surface area contributed by atoms with Crippen molar-refractivity contribution in [1.29, 1.82) is 0 Å². The molecule has 0 aromatic carbocycles. The van der Waals surface area contributed by atoms with E-state index in [2.05, 4.69) is 19.2 Å². The molecule has 9 heteroatoms. The van der Waals surface area contributed by atoms with Gasteiger partial charge in [0.25, 0.3) is 0 Å². The van der Waals surface area contributed by atoms with Gasteiger partial charge in [-0.15, -0.1) is 0 Å². The predicted molar refractivity (Wildman–Crippen MR) is 258 cm³/mol. The van der Waals surface area contributed by atoms with Crippen molar-refractivity contribution in [3.63, 3.8) is 0 Å². The summed E-state index contributed by atoms with van der Waals surface area (Å²) in [4.78, 5) is 13.0. The van der Waals surface area contributed by atoms with Crippen LogP contribution in [0.25, 0.3) is 0 Å². The molecule has 1 saturated heterocycles. The van der Waals surface area contributed by atoms with Crippen molar-refractivity contribution in [3.8, 4) is 0 Å². The van der Waals surface area contributed by atoms with E-state index in [9.17, 15) is 30.3 Å². The predicted octanol–water partition coefficient (Wildman–Crippen LogP) is 12.5. The fourth-order valence-electron chi connectivity index (χ4n) is 8.81. The lowest BCUT2D eigenvalue weighted by atomic mass is 9.99. The summed E-state index contributed by atoms with van der Waals surface area (Å²) in [6, 6.07) is -0.799. The Morgan fingerprint density at radius 2 is 0.887 bits per heavy atom. The van der Waals surface area contributed by atoms with Crippen LogP contribution in [0.1, 0.15) is 264 Å². The molecular weight excluding hydrogens is 779 g/mol. The molecule has 0 saturated carbocycles. The van der Waals surface area contributed by atoms with E-state index in [4.69, 9.17) is 9.47 Å². The fourth-order valence-corrected chi connectivity index (χ4v) is 8.81. The van der Waals surface area contributed by atoms with Gasteiger partial charge >= 0.3 is 0 Å². The summed E-state index contributed by atoms with van der Waals surface area (Å²) in [6.45, 7) is 3.81. The first-order valence-electron chi connectivity index (χ1n) is 26.9. The van der Waals surface area contributed by atoms with Gasteiger partial charge in [0, 0.05) is 6.42 Å². The van der Waals surface area contributed by atoms with Crippen LogP contribution in [-0.2, 0) is 14.3 Å². The van der Waals surface area contributed by atoms with Gasteiger partial charge < -0.3 is 40.3 Å². The van der Waals surface area contributed by atoms with Crippen molar-refractivity contribution in [2.75, 3.05) is 13.2 Å². The highest BCUT2D eigenvalue weighted by Crippen LogP contribution is 2.23. The number of nitrogens with one attached hydrogen (secondary N) is 1. The van der Waals surface area contributed by atoms with Crippen LogP contribution in [0.5, 0.6) is 0 Å². The Hall–Kier alpha value is -1.07. The Kier molecular flexibility index (Phi) is 41.6. The van der Waals surface area contributed by atoms with E-state index in [1.165, 1.54) is 205 Å². The van der Waals surface area contributed by atoms with Gasteiger partial charge in [0.05, 0.1) is 25.4 Å². The van der Waals surface area contributed by atoms with Crippen molar-refractivity contribution in [3.05, 3.63) is 12.2 Å². The number of hydrogen-bond donors (Lipinski definition) is 6. The number of carbonyl (C=O) groups is 1. The number of carbonyl (C=O) groups excluding carboxylic acids is 1. The van der Waals surface area contributed by atoms with Gasteiger partial charge in [0.2, 0.25) is 5.91 Å². The van der Waals surface area contributed by atoms with Crippen LogP contribution >= 0.6 is 0 Å². The van der Waals surface area contributed by atoms with E-state index in [1.807, 2.05) is 6.08 Å². The van der Waals surface area contributed by atoms with Crippen LogP contribution in [0.15, 0.2) is 12.2 Å². The van der Waals surface area contributed by atoms with E-state index in [0.717, 1.165) is 38.5 Å². The third kappa shape index (κ3) is 33.4. The van der Waals surface area contributed by atoms with Crippen LogP contribution in [0.2, 0.25) is 0 Å². The molecule has 0 bridgehead atoms. The van der Waals surface area contributed by atoms with Crippen molar-refractivity contribution in [2.45, 2.75) is 307 Å². The van der Waals surface area contributed by atoms with Crippen LogP contribution in [0.4, 0.5) is 0 Å². The molecule has 62 heavy (non-hydrogen) atoms. The molecule has 0 spiro atoms. The van der Waals surface area contributed by atoms with Crippen molar-refractivity contribution >= 4 is 5.91 Å². The highest BCUT2D eigenvalue weighted by molar-refractivity contribution is 5.76. The van der Waals surface area contributed by atoms with Crippen molar-refractivity contribution in [2.24, 2.45) is 0 Å². The third-order valence-corrected chi connectivity index (χ3v) is 13.1. The molecule has 2 unspecified atom stereocenters. The van der Waals surface area contributed by atoms with Crippen LogP contribution in [0, 0.1) is 0 Å². The molecular formula is C53H103NO8. The maximum Gasteiger partial charge on any atom is 0.220 e. The largest absolute Gasteiger partial charge is 0.394 e. The average molecular weight is 882 g/mol. The minimum Gasteiger partial charge on any atom is -0.394 e. The first-order valence-corrected chi connectivity index (χ1v) is 26.9. The molecule has 1 rings (SSSR count). The molecule has 7 atom stereocenters. The topological polar surface area (TPSA) is 149 Å². The van der Waals surface area contributed by atoms with Gasteiger partial charge in [-0.25, -0.2) is 0 Å². The normalized spacial score (nSPS) is 20.3. The van der Waals surface area contributed by atoms with Gasteiger partial charge in [0.1, 0.15) is 24.4 Å². The smallest absolute Gasteiger partial charge is 0.220 e. The molecule has 1 heterocycles. The van der Waals surface area contributed by atoms with E-state index >= 15 is 0 Å². The highest BCUT2D eigenvalue weighted by atomic mass is 16.7. The van der Waals surface area contributed by atoms with Crippen molar-refractivity contribution < 1.29 is 39.8 Å². The van der Waals surface area contributed by atoms with Gasteiger partial charge in [-0.2, -0.15) is 0 Å². The summed E-state index contributed by atoms with van der Waals surface area (Å²) in [5.41, 5.74) is 0. The second-order valence-corrected chi connectivity index (χ2v) is 19.0. The van der Waals surface area contributed by atoms with E-state index in [1.54, 1.807) is 6.08 Å². The first kappa shape index (κ1) is 58.9. The standard InChI is InChI=1S/C53H103NO8/c1-3-5-7-9-11-13-15-17-19-21-22-23-24-25-27-29-31-33-35-37-39-41-43-49(57)54-46(45-61-53-52(60)51(59)50(58)48(44-55)62-53)47(56)42-40-38-36-34-32-30-28-26-20-18-16-14-12-10-8-6-4-2/h40,42,46-48,50-53,55-56,58-60H,3-39,41,43-45H2,1-2H3,(H,54,57)/b42-40+/t46-,47+,48+,50+,51?,52?,53+/m0/s1. The summed E-state index contributed by atoms with van der Waals surface area (Å²) in [6.07, 6.45) is 45.5. The molecule has 1 aliphatic rings. The number of ether oxygens (including phenoxy) is 2. The molecule has 0 aliphatic carbocycles. The van der Waals surface area contributed by atoms with E-state index in [-0.39, 0.29) is 12.5 Å². The number of aliphatic hydroxyl groups is 5. The zero-order chi connectivity index (χ0) is 45.1. The molecule has 1 aliphatic heterocycles. The summed E-state index contributed by atoms with van der Waals surface area (Å²) in [7, 11) is 0. The SMILES string of the molecule is CCCCCCCCCCCCCCCCC/C=C/[C@@H](O)[C@H](CO[C@@H]1O[C@H](CO)[C@@H](O)C(O)C1O)NC(=O)CCCCCCCCCCCCCCCCCCCCCCCC. The Balaban J connectivity index is 2.25. The third-order valence-electron chi connectivity index (χ3n) is 13.1. The Morgan fingerprint density at radius 1 is 0.532 bits per heavy atom. The van der Waals surface area contributed by atoms with Crippen LogP contribution in [-0.4, -0.2) is 87.5 Å². The first-order chi connectivity index (χ1) is 30.3. The second-order valence-electron chi connectivity index (χ2n) is 19.0.